The Morgan fingerprint density at radius 2 is 1.27 bits per heavy atom. The largest absolute Gasteiger partial charge is 0.748 e. The maximum absolute atomic E-state index is 14.7. The third-order valence-corrected chi connectivity index (χ3v) is 17.0. The number of aromatic nitrogens is 1. The van der Waals surface area contributed by atoms with Crippen molar-refractivity contribution in [1.29, 1.82) is 0 Å². The first-order chi connectivity index (χ1) is 38.3. The number of rotatable bonds is 34. The van der Waals surface area contributed by atoms with E-state index in [0.29, 0.717) is 104 Å². The van der Waals surface area contributed by atoms with Crippen molar-refractivity contribution in [3.8, 4) is 11.5 Å². The lowest BCUT2D eigenvalue weighted by molar-refractivity contribution is -0.909. The number of nitrogens with one attached hydrogen (secondary N) is 3. The van der Waals surface area contributed by atoms with Crippen LogP contribution in [0.1, 0.15) is 110 Å². The number of aryl methyl sites for hydroxylation is 3. The third-order valence-electron chi connectivity index (χ3n) is 13.9. The minimum atomic E-state index is -4.46. The Morgan fingerprint density at radius 1 is 0.683 bits per heavy atom. The SMILES string of the molecule is Cc1cc(C(=O)NCCC[N+](C)(CCCNC(=O)CCCC(=O)ON2C(=O)CCC2=O)CCCS(=O)(=O)[O-])cc(C)c1OC(=O)c1c2ccccc2[n+](CCCS(=O)(=O)NCC[N+](C)(C)CCCS(=O)(=O)[O-])c2ccc(OC(C)C)cc12. The summed E-state index contributed by atoms with van der Waals surface area (Å²) < 4.78 is 111. The van der Waals surface area contributed by atoms with Crippen LogP contribution in [0.25, 0.3) is 21.8 Å². The van der Waals surface area contributed by atoms with Crippen LogP contribution in [-0.2, 0) is 60.8 Å². The molecule has 1 aliphatic heterocycles. The van der Waals surface area contributed by atoms with Crippen LogP contribution in [0.4, 0.5) is 0 Å². The topological polar surface area (TPSA) is 322 Å². The zero-order valence-electron chi connectivity index (χ0n) is 47.8. The summed E-state index contributed by atoms with van der Waals surface area (Å²) in [5, 5.41) is 7.22. The highest BCUT2D eigenvalue weighted by Crippen LogP contribution is 2.32. The fourth-order valence-electron chi connectivity index (χ4n) is 9.81. The maximum Gasteiger partial charge on any atom is 0.345 e. The van der Waals surface area contributed by atoms with Gasteiger partial charge < -0.3 is 43.0 Å². The van der Waals surface area contributed by atoms with Crippen LogP contribution in [0.15, 0.2) is 54.6 Å². The van der Waals surface area contributed by atoms with E-state index in [1.54, 1.807) is 50.2 Å². The molecule has 1 fully saturated rings. The number of carbonyl (C=O) groups is 6. The molecule has 27 heteroatoms. The molecule has 0 radical (unpaired) electrons. The Labute approximate surface area is 480 Å². The van der Waals surface area contributed by atoms with Crippen molar-refractivity contribution in [2.75, 3.05) is 90.8 Å². The van der Waals surface area contributed by atoms with Gasteiger partial charge >= 0.3 is 11.9 Å². The van der Waals surface area contributed by atoms with Crippen LogP contribution in [0, 0.1) is 13.8 Å². The predicted molar refractivity (Wildman–Crippen MR) is 301 cm³/mol. The molecular weight excluding hydrogens is 1130 g/mol. The summed E-state index contributed by atoms with van der Waals surface area (Å²) in [6.45, 7) is 10.1. The molecule has 3 N–H and O–H groups in total. The standard InChI is InChI=1S/C55H77N7O17S3/c1-39(2)77-43-20-21-47-45(38-43)52(44-16-8-9-17-46(44)59(47)27-13-33-80(69,70)58-26-32-61(5,6)28-14-34-81(71,72)73)55(68)78-53-40(3)36-42(37-41(53)4)54(67)57-25-12-30-62(7,31-15-35-82(74,75)76)29-11-24-56-48(63)18-10-19-51(66)79-60-49(64)22-23-50(60)65/h8-9,16-17,20-21,36-39,58H,10-15,18-19,22-35H2,1-7H3,(H-3,56,57,63,67,71,72,73,74,75,76)/p+1. The van der Waals surface area contributed by atoms with Gasteiger partial charge in [-0.05, 0) is 75.6 Å². The van der Waals surface area contributed by atoms with Gasteiger partial charge in [-0.1, -0.05) is 12.1 Å². The van der Waals surface area contributed by atoms with E-state index in [4.69, 9.17) is 14.3 Å². The Kier molecular flexibility index (Phi) is 23.8. The molecule has 452 valence electrons. The van der Waals surface area contributed by atoms with E-state index in [-0.39, 0.29) is 113 Å². The van der Waals surface area contributed by atoms with Crippen molar-refractivity contribution in [3.63, 3.8) is 0 Å². The summed E-state index contributed by atoms with van der Waals surface area (Å²) in [6.07, 6.45) is 1.10. The number of benzene rings is 3. The van der Waals surface area contributed by atoms with E-state index < -0.39 is 65.5 Å². The van der Waals surface area contributed by atoms with Gasteiger partial charge in [-0.15, -0.1) is 5.06 Å². The second-order valence-electron chi connectivity index (χ2n) is 21.9. The highest BCUT2D eigenvalue weighted by atomic mass is 32.2. The molecule has 1 unspecified atom stereocenters. The molecule has 4 amide bonds. The smallest absolute Gasteiger partial charge is 0.345 e. The van der Waals surface area contributed by atoms with Crippen LogP contribution in [0.3, 0.4) is 0 Å². The number of amides is 4. The Bertz CT molecular complexity index is 3300. The summed E-state index contributed by atoms with van der Waals surface area (Å²) >= 11 is 0. The summed E-state index contributed by atoms with van der Waals surface area (Å²) in [5.41, 5.74) is 2.85. The van der Waals surface area contributed by atoms with Crippen LogP contribution < -0.4 is 29.4 Å². The Hall–Kier alpha value is -6.20. The number of quaternary nitrogens is 2. The first-order valence-electron chi connectivity index (χ1n) is 27.3. The first kappa shape index (κ1) is 66.6. The predicted octanol–water partition coefficient (Wildman–Crippen LogP) is 3.01. The molecule has 0 spiro atoms. The molecule has 1 aromatic heterocycles. The van der Waals surface area contributed by atoms with Crippen LogP contribution in [0.2, 0.25) is 0 Å². The van der Waals surface area contributed by atoms with Crippen LogP contribution in [-0.4, -0.2) is 181 Å². The maximum atomic E-state index is 14.7. The highest BCUT2D eigenvalue weighted by molar-refractivity contribution is 7.89. The lowest BCUT2D eigenvalue weighted by Gasteiger charge is -2.35. The highest BCUT2D eigenvalue weighted by Gasteiger charge is 2.33. The normalized spacial score (nSPS) is 14.1. The minimum absolute atomic E-state index is 0.00659. The second kappa shape index (κ2) is 29.4. The Morgan fingerprint density at radius 3 is 1.89 bits per heavy atom. The average Bonchev–Trinajstić information content (AvgIpc) is 2.08. The number of pyridine rings is 1. The number of imide groups is 1. The number of hydrogen-bond acceptors (Lipinski definition) is 17. The molecule has 1 saturated heterocycles. The van der Waals surface area contributed by atoms with Gasteiger partial charge in [0.15, 0.2) is 6.54 Å². The zero-order valence-corrected chi connectivity index (χ0v) is 50.2. The molecule has 2 heterocycles. The van der Waals surface area contributed by atoms with Gasteiger partial charge in [-0.25, -0.2) is 39.6 Å². The van der Waals surface area contributed by atoms with Crippen LogP contribution in [0.5, 0.6) is 11.5 Å². The number of hydroxylamine groups is 2. The van der Waals surface area contributed by atoms with Gasteiger partial charge in [-0.3, -0.25) is 19.2 Å². The molecule has 0 saturated carbocycles. The number of likely N-dealkylation sites (N-methyl/N-ethyl adjacent to an activating group) is 1. The number of para-hydroxylation sites is 1. The van der Waals surface area contributed by atoms with Crippen LogP contribution >= 0.6 is 0 Å². The molecule has 82 heavy (non-hydrogen) atoms. The average molecular weight is 1210 g/mol. The van der Waals surface area contributed by atoms with E-state index in [9.17, 15) is 63.1 Å². The lowest BCUT2D eigenvalue weighted by atomic mass is 10.0. The molecule has 5 rings (SSSR count). The van der Waals surface area contributed by atoms with E-state index in [1.807, 2.05) is 57.8 Å². The number of hydrogen-bond donors (Lipinski definition) is 3. The number of sulfonamides is 1. The summed E-state index contributed by atoms with van der Waals surface area (Å²) in [7, 11) is -6.99. The van der Waals surface area contributed by atoms with E-state index in [0.717, 1.165) is 0 Å². The molecule has 24 nitrogen and oxygen atoms in total. The van der Waals surface area contributed by atoms with E-state index in [2.05, 4.69) is 15.4 Å². The lowest BCUT2D eigenvalue weighted by Crippen LogP contribution is -2.48. The summed E-state index contributed by atoms with van der Waals surface area (Å²) in [4.78, 5) is 81.0. The van der Waals surface area contributed by atoms with Crippen molar-refractivity contribution in [2.24, 2.45) is 0 Å². The van der Waals surface area contributed by atoms with Gasteiger partial charge in [0.25, 0.3) is 17.7 Å². The molecule has 3 aromatic carbocycles. The van der Waals surface area contributed by atoms with Crippen molar-refractivity contribution < 1.29 is 91.0 Å². The Balaban J connectivity index is 1.21. The molecule has 1 aliphatic rings. The molecule has 0 aliphatic carbocycles. The minimum Gasteiger partial charge on any atom is -0.748 e. The van der Waals surface area contributed by atoms with Gasteiger partial charge in [0.05, 0.1) is 109 Å². The molecular formula is C55H78N7O17S3+. The second-order valence-corrected chi connectivity index (χ2v) is 26.9. The summed E-state index contributed by atoms with van der Waals surface area (Å²) in [5.74, 6) is -3.88. The number of fused-ring (bicyclic) bond motifs is 2. The van der Waals surface area contributed by atoms with Gasteiger partial charge in [-0.2, -0.15) is 4.57 Å². The third kappa shape index (κ3) is 21.2. The van der Waals surface area contributed by atoms with Crippen molar-refractivity contribution in [3.05, 3.63) is 76.9 Å². The fourth-order valence-corrected chi connectivity index (χ4v) is 11.8. The number of nitrogens with zero attached hydrogens (tertiary/aromatic N) is 4. The zero-order chi connectivity index (χ0) is 60.6. The summed E-state index contributed by atoms with van der Waals surface area (Å²) in [6, 6.07) is 15.8. The number of carbonyl (C=O) groups excluding carboxylic acids is 6. The first-order valence-corrected chi connectivity index (χ1v) is 32.2. The van der Waals surface area contributed by atoms with Crippen molar-refractivity contribution in [1.82, 2.24) is 20.4 Å². The van der Waals surface area contributed by atoms with Gasteiger partial charge in [0.2, 0.25) is 27.0 Å². The monoisotopic (exact) mass is 1200 g/mol. The number of esters is 1. The molecule has 1 atom stereocenters. The van der Waals surface area contributed by atoms with E-state index >= 15 is 0 Å². The van der Waals surface area contributed by atoms with Crippen molar-refractivity contribution in [2.45, 2.75) is 105 Å². The number of ether oxygens (including phenoxy) is 2. The van der Waals surface area contributed by atoms with Gasteiger partial charge in [0.1, 0.15) is 11.5 Å². The molecule has 4 aromatic rings. The fraction of sp³-hybridized carbons (Fsp3) is 0.545. The van der Waals surface area contributed by atoms with Crippen molar-refractivity contribution >= 4 is 87.6 Å². The quantitative estimate of drug-likeness (QED) is 0.00885. The molecule has 0 bridgehead atoms. The van der Waals surface area contributed by atoms with E-state index in [1.165, 1.54) is 0 Å². The van der Waals surface area contributed by atoms with Gasteiger partial charge in [0, 0.05) is 100 Å².